The molecule has 0 aromatic heterocycles. The Balaban J connectivity index is 1.76. The number of ketones is 1. The average molecular weight is 439 g/mol. The van der Waals surface area contributed by atoms with E-state index in [4.69, 9.17) is 27.9 Å². The fraction of sp³-hybridized carbons (Fsp3) is 0.250. The molecule has 2 aliphatic rings. The number of Topliss-reactive ketones (excluding diaryl/α,β-unsaturated/α-hetero) is 1. The maximum Gasteiger partial charge on any atom is 0.162 e. The molecular formula is C24H20Cl2N2O2. The lowest BCUT2D eigenvalue weighted by molar-refractivity contribution is -0.116. The van der Waals surface area contributed by atoms with Crippen molar-refractivity contribution in [2.45, 2.75) is 31.6 Å². The van der Waals surface area contributed by atoms with Crippen LogP contribution in [0.2, 0.25) is 10.0 Å². The van der Waals surface area contributed by atoms with Gasteiger partial charge in [0.05, 0.1) is 34.7 Å². The van der Waals surface area contributed by atoms with E-state index >= 15 is 0 Å². The van der Waals surface area contributed by atoms with E-state index in [0.29, 0.717) is 34.0 Å². The zero-order valence-electron chi connectivity index (χ0n) is 16.6. The van der Waals surface area contributed by atoms with E-state index in [-0.39, 0.29) is 11.7 Å². The zero-order valence-corrected chi connectivity index (χ0v) is 18.1. The van der Waals surface area contributed by atoms with Gasteiger partial charge >= 0.3 is 0 Å². The van der Waals surface area contributed by atoms with E-state index in [2.05, 4.69) is 11.4 Å². The van der Waals surface area contributed by atoms with Crippen LogP contribution < -0.4 is 10.1 Å². The second-order valence-corrected chi connectivity index (χ2v) is 8.39. The molecule has 0 amide bonds. The van der Waals surface area contributed by atoms with E-state index in [1.54, 1.807) is 19.2 Å². The molecule has 0 saturated heterocycles. The van der Waals surface area contributed by atoms with Gasteiger partial charge in [-0.3, -0.25) is 4.79 Å². The third-order valence-corrected chi connectivity index (χ3v) is 6.55. The van der Waals surface area contributed by atoms with Gasteiger partial charge in [0.1, 0.15) is 5.75 Å². The molecule has 4 rings (SSSR count). The van der Waals surface area contributed by atoms with Gasteiger partial charge in [-0.25, -0.2) is 0 Å². The Kier molecular flexibility index (Phi) is 5.60. The van der Waals surface area contributed by atoms with Crippen LogP contribution in [0.15, 0.2) is 65.0 Å². The first kappa shape index (κ1) is 20.5. The molecule has 1 N–H and O–H groups in total. The number of nitrogens with zero attached hydrogens (tertiary/aromatic N) is 1. The topological polar surface area (TPSA) is 62.1 Å². The van der Waals surface area contributed by atoms with E-state index in [9.17, 15) is 10.1 Å². The third-order valence-electron chi connectivity index (χ3n) is 5.81. The number of dihydropyridines is 1. The van der Waals surface area contributed by atoms with Gasteiger partial charge in [-0.05, 0) is 54.7 Å². The van der Waals surface area contributed by atoms with Crippen LogP contribution in [0.3, 0.4) is 0 Å². The second kappa shape index (κ2) is 8.18. The molecule has 2 atom stereocenters. The number of halogens is 2. The Morgan fingerprint density at radius 1 is 1.07 bits per heavy atom. The summed E-state index contributed by atoms with van der Waals surface area (Å²) in [5.74, 6) is 0.459. The zero-order chi connectivity index (χ0) is 21.4. The van der Waals surface area contributed by atoms with Gasteiger partial charge in [-0.1, -0.05) is 41.4 Å². The number of allylic oxidation sites excluding steroid dienone is 4. The number of hydrogen-bond donors (Lipinski definition) is 1. The first-order valence-electron chi connectivity index (χ1n) is 9.66. The number of nitriles is 1. The Morgan fingerprint density at radius 3 is 2.40 bits per heavy atom. The number of carbonyl (C=O) groups excluding carboxylic acids is 1. The molecule has 0 radical (unpaired) electrons. The molecule has 2 unspecified atom stereocenters. The molecule has 2 aromatic carbocycles. The number of ether oxygens (including phenoxy) is 1. The summed E-state index contributed by atoms with van der Waals surface area (Å²) in [6.45, 7) is 1.87. The molecule has 1 aliphatic heterocycles. The first-order valence-corrected chi connectivity index (χ1v) is 10.4. The Morgan fingerprint density at radius 2 is 1.77 bits per heavy atom. The molecule has 0 bridgehead atoms. The SMILES string of the molecule is COc1ccc(C2CC(=O)C3=C(C2)NC(C)=C(C#N)C3c2ccc(Cl)c(Cl)c2)cc1. The van der Waals surface area contributed by atoms with Crippen LogP contribution in [0.25, 0.3) is 0 Å². The summed E-state index contributed by atoms with van der Waals surface area (Å²) in [6, 6.07) is 15.4. The van der Waals surface area contributed by atoms with Crippen molar-refractivity contribution < 1.29 is 9.53 Å². The second-order valence-electron chi connectivity index (χ2n) is 7.58. The van der Waals surface area contributed by atoms with Crippen LogP contribution in [-0.4, -0.2) is 12.9 Å². The minimum absolute atomic E-state index is 0.0425. The van der Waals surface area contributed by atoms with Crippen molar-refractivity contribution in [3.8, 4) is 11.8 Å². The number of nitrogens with one attached hydrogen (secondary N) is 1. The molecule has 152 valence electrons. The van der Waals surface area contributed by atoms with Crippen LogP contribution in [0.1, 0.15) is 42.7 Å². The summed E-state index contributed by atoms with van der Waals surface area (Å²) in [5.41, 5.74) is 4.71. The predicted molar refractivity (Wildman–Crippen MR) is 118 cm³/mol. The van der Waals surface area contributed by atoms with Crippen molar-refractivity contribution in [3.05, 3.63) is 86.2 Å². The van der Waals surface area contributed by atoms with Crippen LogP contribution >= 0.6 is 23.2 Å². The number of benzene rings is 2. The summed E-state index contributed by atoms with van der Waals surface area (Å²) < 4.78 is 5.24. The molecule has 30 heavy (non-hydrogen) atoms. The van der Waals surface area contributed by atoms with Crippen LogP contribution in [0.4, 0.5) is 0 Å². The molecule has 0 fully saturated rings. The van der Waals surface area contributed by atoms with Crippen LogP contribution in [-0.2, 0) is 4.79 Å². The van der Waals surface area contributed by atoms with Gasteiger partial charge in [0.25, 0.3) is 0 Å². The molecule has 4 nitrogen and oxygen atoms in total. The van der Waals surface area contributed by atoms with Gasteiger partial charge < -0.3 is 10.1 Å². The monoisotopic (exact) mass is 438 g/mol. The minimum atomic E-state index is -0.440. The van der Waals surface area contributed by atoms with E-state index in [0.717, 1.165) is 28.3 Å². The smallest absolute Gasteiger partial charge is 0.162 e. The highest BCUT2D eigenvalue weighted by atomic mass is 35.5. The van der Waals surface area contributed by atoms with E-state index in [1.165, 1.54) is 0 Å². The summed E-state index contributed by atoms with van der Waals surface area (Å²) >= 11 is 12.3. The van der Waals surface area contributed by atoms with Crippen molar-refractivity contribution in [2.24, 2.45) is 0 Å². The molecule has 1 aliphatic carbocycles. The Labute approximate surface area is 185 Å². The van der Waals surface area contributed by atoms with Crippen molar-refractivity contribution in [3.63, 3.8) is 0 Å². The van der Waals surface area contributed by atoms with Gasteiger partial charge in [-0.2, -0.15) is 5.26 Å². The van der Waals surface area contributed by atoms with E-state index < -0.39 is 5.92 Å². The number of carbonyl (C=O) groups is 1. The number of rotatable bonds is 3. The van der Waals surface area contributed by atoms with Crippen LogP contribution in [0.5, 0.6) is 5.75 Å². The summed E-state index contributed by atoms with van der Waals surface area (Å²) in [6.07, 6.45) is 1.09. The molecule has 2 aromatic rings. The third kappa shape index (κ3) is 3.60. The lowest BCUT2D eigenvalue weighted by Crippen LogP contribution is -2.33. The molecular weight excluding hydrogens is 419 g/mol. The van der Waals surface area contributed by atoms with Crippen molar-refractivity contribution in [1.29, 1.82) is 5.26 Å². The van der Waals surface area contributed by atoms with Gasteiger partial charge in [-0.15, -0.1) is 0 Å². The summed E-state index contributed by atoms with van der Waals surface area (Å²) in [5, 5.41) is 14.0. The molecule has 6 heteroatoms. The van der Waals surface area contributed by atoms with Gasteiger partial charge in [0.2, 0.25) is 0 Å². The Bertz CT molecular complexity index is 1130. The average Bonchev–Trinajstić information content (AvgIpc) is 2.74. The summed E-state index contributed by atoms with van der Waals surface area (Å²) in [4.78, 5) is 13.3. The van der Waals surface area contributed by atoms with Crippen molar-refractivity contribution in [2.75, 3.05) is 7.11 Å². The highest BCUT2D eigenvalue weighted by molar-refractivity contribution is 6.42. The number of methoxy groups -OCH3 is 1. The minimum Gasteiger partial charge on any atom is -0.497 e. The molecule has 0 saturated carbocycles. The highest BCUT2D eigenvalue weighted by Gasteiger charge is 2.39. The standard InChI is InChI=1S/C24H20Cl2N2O2/c1-13-18(12-27)23(15-5-8-19(25)20(26)9-15)24-21(28-13)10-16(11-22(24)29)14-3-6-17(30-2)7-4-14/h3-9,16,23,28H,10-11H2,1-2H3. The predicted octanol–water partition coefficient (Wildman–Crippen LogP) is 5.89. The quantitative estimate of drug-likeness (QED) is 0.648. The van der Waals surface area contributed by atoms with Crippen molar-refractivity contribution in [1.82, 2.24) is 5.32 Å². The largest absolute Gasteiger partial charge is 0.497 e. The van der Waals surface area contributed by atoms with Gasteiger partial charge in [0, 0.05) is 23.4 Å². The fourth-order valence-corrected chi connectivity index (χ4v) is 4.63. The van der Waals surface area contributed by atoms with Gasteiger partial charge in [0.15, 0.2) is 5.78 Å². The lowest BCUT2D eigenvalue weighted by Gasteiger charge is -2.35. The number of hydrogen-bond acceptors (Lipinski definition) is 4. The lowest BCUT2D eigenvalue weighted by atomic mass is 9.72. The Hall–Kier alpha value is -2.74. The van der Waals surface area contributed by atoms with Crippen LogP contribution in [0, 0.1) is 11.3 Å². The first-order chi connectivity index (χ1) is 14.4. The maximum atomic E-state index is 13.3. The molecule has 1 heterocycles. The molecule has 0 spiro atoms. The summed E-state index contributed by atoms with van der Waals surface area (Å²) in [7, 11) is 1.63. The fourth-order valence-electron chi connectivity index (χ4n) is 4.32. The maximum absolute atomic E-state index is 13.3. The highest BCUT2D eigenvalue weighted by Crippen LogP contribution is 2.46. The van der Waals surface area contributed by atoms with Crippen molar-refractivity contribution >= 4 is 29.0 Å². The van der Waals surface area contributed by atoms with E-state index in [1.807, 2.05) is 37.3 Å². The normalized spacial score (nSPS) is 21.1.